The van der Waals surface area contributed by atoms with E-state index in [1.807, 2.05) is 6.92 Å². The molecule has 4 N–H and O–H groups in total. The Morgan fingerprint density at radius 2 is 1.82 bits per heavy atom. The molecule has 2 rings (SSSR count). The van der Waals surface area contributed by atoms with Crippen molar-refractivity contribution in [1.29, 1.82) is 0 Å². The van der Waals surface area contributed by atoms with Gasteiger partial charge in [-0.05, 0) is 70.6 Å². The third-order valence-electron chi connectivity index (χ3n) is 5.59. The van der Waals surface area contributed by atoms with Gasteiger partial charge < -0.3 is 29.2 Å². The topological polar surface area (TPSA) is 127 Å². The highest BCUT2D eigenvalue weighted by Crippen LogP contribution is 2.60. The van der Waals surface area contributed by atoms with Gasteiger partial charge in [0.05, 0.1) is 11.2 Å². The van der Waals surface area contributed by atoms with Crippen LogP contribution in [0.15, 0.2) is 30.5 Å². The summed E-state index contributed by atoms with van der Waals surface area (Å²) in [6, 6.07) is 6.44. The van der Waals surface area contributed by atoms with E-state index in [0.29, 0.717) is 28.0 Å². The van der Waals surface area contributed by atoms with E-state index >= 15 is 0 Å². The maximum Gasteiger partial charge on any atom is 0.416 e. The summed E-state index contributed by atoms with van der Waals surface area (Å²) in [6.45, 7) is 9.86. The molecule has 1 atom stereocenters. The smallest absolute Gasteiger partial charge is 0.416 e. The number of rotatable bonds is 11. The van der Waals surface area contributed by atoms with Crippen LogP contribution in [0.2, 0.25) is 5.02 Å². The van der Waals surface area contributed by atoms with E-state index in [-0.39, 0.29) is 6.04 Å². The number of anilines is 1. The van der Waals surface area contributed by atoms with Gasteiger partial charge in [-0.2, -0.15) is 0 Å². The fraction of sp³-hybridized carbons (Fsp3) is 0.524. The van der Waals surface area contributed by atoms with Gasteiger partial charge in [0.15, 0.2) is 0 Å². The number of pyridine rings is 1. The molecule has 0 aliphatic carbocycles. The number of hydrogen-bond acceptors (Lipinski definition) is 8. The number of fused-ring (bicyclic) bond motifs is 1. The van der Waals surface area contributed by atoms with Crippen molar-refractivity contribution in [3.05, 3.63) is 35.5 Å². The predicted molar refractivity (Wildman–Crippen MR) is 133 cm³/mol. The second-order valence-electron chi connectivity index (χ2n) is 7.76. The van der Waals surface area contributed by atoms with Crippen molar-refractivity contribution < 1.29 is 29.1 Å². The van der Waals surface area contributed by atoms with Crippen molar-refractivity contribution >= 4 is 51.0 Å². The third kappa shape index (κ3) is 6.93. The average molecular weight is 520 g/mol. The molecule has 0 aliphatic rings. The molecule has 0 fully saturated rings. The molecule has 0 bridgehead atoms. The first kappa shape index (κ1) is 28.1. The minimum absolute atomic E-state index is 0.342. The quantitative estimate of drug-likeness (QED) is 0.317. The van der Waals surface area contributed by atoms with Crippen molar-refractivity contribution in [1.82, 2.24) is 9.88 Å². The lowest BCUT2D eigenvalue weighted by atomic mass is 10.1. The Morgan fingerprint density at radius 3 is 2.39 bits per heavy atom. The molecule has 33 heavy (non-hydrogen) atoms. The maximum absolute atomic E-state index is 13.4. The van der Waals surface area contributed by atoms with Gasteiger partial charge in [0.1, 0.15) is 0 Å². The highest BCUT2D eigenvalue weighted by molar-refractivity contribution is 7.65. The second-order valence-corrected chi connectivity index (χ2v) is 11.4. The van der Waals surface area contributed by atoms with Crippen molar-refractivity contribution in [3.63, 3.8) is 0 Å². The molecule has 1 heterocycles. The normalized spacial score (nSPS) is 13.2. The number of ether oxygens (including phenoxy) is 1. The van der Waals surface area contributed by atoms with E-state index in [2.05, 4.69) is 23.7 Å². The molecule has 1 unspecified atom stereocenters. The van der Waals surface area contributed by atoms with Crippen LogP contribution < -0.4 is 4.90 Å². The van der Waals surface area contributed by atoms with Crippen molar-refractivity contribution in [2.75, 3.05) is 24.5 Å². The molecule has 1 aromatic heterocycles. The Labute approximate surface area is 201 Å². The van der Waals surface area contributed by atoms with Gasteiger partial charge in [0.25, 0.3) is 0 Å². The molecule has 0 aliphatic heterocycles. The molecule has 2 aromatic rings. The van der Waals surface area contributed by atoms with E-state index in [9.17, 15) is 24.4 Å². The minimum Gasteiger partial charge on any atom is -0.423 e. The van der Waals surface area contributed by atoms with Crippen LogP contribution >= 0.6 is 28.4 Å². The van der Waals surface area contributed by atoms with Gasteiger partial charge in [-0.3, -0.25) is 9.88 Å². The molecule has 0 spiro atoms. The number of hydrogen-bond donors (Lipinski definition) is 4. The van der Waals surface area contributed by atoms with Gasteiger partial charge in [0, 0.05) is 22.6 Å². The van der Waals surface area contributed by atoms with Crippen molar-refractivity contribution in [3.8, 4) is 0 Å². The fourth-order valence-electron chi connectivity index (χ4n) is 3.49. The van der Waals surface area contributed by atoms with Gasteiger partial charge in [-0.1, -0.05) is 25.4 Å². The Morgan fingerprint density at radius 1 is 1.18 bits per heavy atom. The third-order valence-corrected chi connectivity index (χ3v) is 8.57. The van der Waals surface area contributed by atoms with E-state index < -0.39 is 27.9 Å². The second kappa shape index (κ2) is 12.5. The Hall–Kier alpha value is -1.15. The number of carbonyl (C=O) groups is 1. The Kier molecular flexibility index (Phi) is 10.7. The Bertz CT molecular complexity index is 924. The van der Waals surface area contributed by atoms with Gasteiger partial charge in [0.2, 0.25) is 21.8 Å². The standard InChI is InChI=1S/C21H32ClN3O6P2/c1-5-24(6-2)13-7-8-15(3)25(20(26)31-21(4,32(27)28)33(29)30)19-11-12-23-18-14-16(22)9-10-17(18)19/h9-12,14-15,27-30H,5-8,13H2,1-4H3. The van der Waals surface area contributed by atoms with E-state index in [4.69, 9.17) is 16.3 Å². The highest BCUT2D eigenvalue weighted by atomic mass is 35.5. The van der Waals surface area contributed by atoms with E-state index in [1.54, 1.807) is 30.5 Å². The maximum atomic E-state index is 13.4. The van der Waals surface area contributed by atoms with Crippen molar-refractivity contribution in [2.45, 2.75) is 51.7 Å². The highest BCUT2D eigenvalue weighted by Gasteiger charge is 2.47. The summed E-state index contributed by atoms with van der Waals surface area (Å²) in [7, 11) is -5.94. The lowest BCUT2D eigenvalue weighted by Gasteiger charge is -2.35. The molecule has 184 valence electrons. The van der Waals surface area contributed by atoms with Crippen LogP contribution in [0.1, 0.15) is 40.5 Å². The number of carbonyl (C=O) groups excluding carboxylic acids is 1. The van der Waals surface area contributed by atoms with Gasteiger partial charge in [-0.25, -0.2) is 4.79 Å². The van der Waals surface area contributed by atoms with E-state index in [1.165, 1.54) is 4.90 Å². The number of halogens is 1. The Balaban J connectivity index is 2.43. The summed E-state index contributed by atoms with van der Waals surface area (Å²) in [5.41, 5.74) is 1.08. The predicted octanol–water partition coefficient (Wildman–Crippen LogP) is 4.61. The molecule has 12 heteroatoms. The first-order chi connectivity index (χ1) is 15.5. The zero-order valence-corrected chi connectivity index (χ0v) is 21.8. The van der Waals surface area contributed by atoms with Gasteiger partial charge in [-0.15, -0.1) is 0 Å². The van der Waals surface area contributed by atoms with Crippen LogP contribution in [-0.4, -0.2) is 66.3 Å². The number of amides is 1. The largest absolute Gasteiger partial charge is 0.423 e. The van der Waals surface area contributed by atoms with Crippen LogP contribution in [0.3, 0.4) is 0 Å². The average Bonchev–Trinajstić information content (AvgIpc) is 2.76. The zero-order valence-electron chi connectivity index (χ0n) is 19.2. The van der Waals surface area contributed by atoms with Crippen LogP contribution in [0.4, 0.5) is 10.5 Å². The summed E-state index contributed by atoms with van der Waals surface area (Å²) >= 11 is 6.10. The molecule has 0 radical (unpaired) electrons. The molecular formula is C21H32ClN3O6P2. The van der Waals surface area contributed by atoms with Gasteiger partial charge >= 0.3 is 6.09 Å². The molecular weight excluding hydrogens is 488 g/mol. The summed E-state index contributed by atoms with van der Waals surface area (Å²) in [6.07, 6.45) is 2.09. The zero-order chi connectivity index (χ0) is 24.8. The molecule has 1 amide bonds. The molecule has 0 saturated carbocycles. The first-order valence-electron chi connectivity index (χ1n) is 10.7. The van der Waals surface area contributed by atoms with Crippen molar-refractivity contribution in [2.24, 2.45) is 0 Å². The monoisotopic (exact) mass is 519 g/mol. The lowest BCUT2D eigenvalue weighted by Crippen LogP contribution is -2.43. The number of benzene rings is 1. The van der Waals surface area contributed by atoms with Crippen LogP contribution in [0.5, 0.6) is 0 Å². The molecule has 0 saturated heterocycles. The summed E-state index contributed by atoms with van der Waals surface area (Å²) in [5.74, 6) is 0. The number of nitrogens with zero attached hydrogens (tertiary/aromatic N) is 3. The van der Waals surface area contributed by atoms with Crippen LogP contribution in [0.25, 0.3) is 10.9 Å². The van der Waals surface area contributed by atoms with E-state index in [0.717, 1.165) is 33.0 Å². The van der Waals surface area contributed by atoms with Crippen LogP contribution in [-0.2, 0) is 4.74 Å². The minimum atomic E-state index is -2.97. The summed E-state index contributed by atoms with van der Waals surface area (Å²) < 4.78 is 5.33. The fourth-order valence-corrected chi connectivity index (χ4v) is 4.61. The number of aromatic nitrogens is 1. The summed E-state index contributed by atoms with van der Waals surface area (Å²) in [5, 5.41) is -1.06. The SMILES string of the molecule is CCN(CC)CCCC(C)N(C(=O)OC(C)(P(O)O)P(O)O)c1ccnc2cc(Cl)ccc12. The van der Waals surface area contributed by atoms with Crippen LogP contribution in [0, 0.1) is 0 Å². The molecule has 9 nitrogen and oxygen atoms in total. The summed E-state index contributed by atoms with van der Waals surface area (Å²) in [4.78, 5) is 60.3. The lowest BCUT2D eigenvalue weighted by molar-refractivity contribution is 0.110. The molecule has 1 aromatic carbocycles. The first-order valence-corrected chi connectivity index (χ1v) is 13.6.